The molecule has 0 aromatic heterocycles. The van der Waals surface area contributed by atoms with Crippen LogP contribution in [-0.2, 0) is 16.1 Å². The van der Waals surface area contributed by atoms with Gasteiger partial charge in [0.1, 0.15) is 0 Å². The van der Waals surface area contributed by atoms with Crippen LogP contribution in [0, 0.1) is 23.2 Å². The van der Waals surface area contributed by atoms with Gasteiger partial charge in [0, 0.05) is 49.0 Å². The minimum atomic E-state index is -0.161. The summed E-state index contributed by atoms with van der Waals surface area (Å²) in [6.45, 7) is 6.44. The number of allylic oxidation sites excluding steroid dienone is 3. The van der Waals surface area contributed by atoms with Crippen molar-refractivity contribution in [3.05, 3.63) is 58.1 Å². The van der Waals surface area contributed by atoms with Crippen LogP contribution in [0.2, 0.25) is 0 Å². The predicted molar refractivity (Wildman–Crippen MR) is 145 cm³/mol. The minimum Gasteiger partial charge on any atom is -0.341 e. The highest BCUT2D eigenvalue weighted by Gasteiger charge is 2.49. The zero-order valence-electron chi connectivity index (χ0n) is 21.2. The zero-order valence-corrected chi connectivity index (χ0v) is 22.8. The second-order valence-corrected chi connectivity index (χ2v) is 12.7. The van der Waals surface area contributed by atoms with E-state index in [-0.39, 0.29) is 5.41 Å². The summed E-state index contributed by atoms with van der Waals surface area (Å²) in [5.41, 5.74) is 2.58. The molecule has 192 valence electrons. The van der Waals surface area contributed by atoms with E-state index in [4.69, 9.17) is 0 Å². The Balaban J connectivity index is 1.07. The Morgan fingerprint density at radius 3 is 2.47 bits per heavy atom. The van der Waals surface area contributed by atoms with E-state index in [2.05, 4.69) is 73.1 Å². The Bertz CT molecular complexity index is 1050. The first-order valence-electron chi connectivity index (χ1n) is 13.9. The Kier molecular flexibility index (Phi) is 6.85. The Morgan fingerprint density at radius 2 is 1.78 bits per heavy atom. The van der Waals surface area contributed by atoms with Crippen molar-refractivity contribution in [2.45, 2.75) is 51.5 Å². The molecule has 0 unspecified atom stereocenters. The van der Waals surface area contributed by atoms with E-state index in [0.29, 0.717) is 29.6 Å². The van der Waals surface area contributed by atoms with Crippen molar-refractivity contribution >= 4 is 27.7 Å². The van der Waals surface area contributed by atoms with Crippen molar-refractivity contribution in [3.8, 4) is 0 Å². The third kappa shape index (κ3) is 4.96. The van der Waals surface area contributed by atoms with E-state index in [9.17, 15) is 9.59 Å². The topological polar surface area (TPSA) is 43.9 Å². The normalized spacial score (nSPS) is 28.2. The molecule has 2 amide bonds. The highest BCUT2D eigenvalue weighted by molar-refractivity contribution is 9.10. The zero-order chi connectivity index (χ0) is 24.7. The molecule has 3 aliphatic heterocycles. The SMILES string of the molecule is O=C(C1CC1)N1C[C@H](CN2CCC3(CC2)CCN(Cc2ccc(Br)cc2)C3=O)[C@@H](C2=CC=CCC2)C1. The molecule has 1 aromatic rings. The number of carbonyl (C=O) groups excluding carboxylic acids is 2. The molecule has 2 aliphatic carbocycles. The number of amides is 2. The molecular weight excluding hydrogens is 514 g/mol. The number of hydrogen-bond acceptors (Lipinski definition) is 3. The van der Waals surface area contributed by atoms with E-state index in [1.54, 1.807) is 0 Å². The van der Waals surface area contributed by atoms with E-state index in [1.165, 1.54) is 11.1 Å². The van der Waals surface area contributed by atoms with Gasteiger partial charge in [-0.1, -0.05) is 51.9 Å². The largest absolute Gasteiger partial charge is 0.341 e. The lowest BCUT2D eigenvalue weighted by atomic mass is 9.76. The maximum absolute atomic E-state index is 13.5. The van der Waals surface area contributed by atoms with Crippen LogP contribution >= 0.6 is 15.9 Å². The van der Waals surface area contributed by atoms with Crippen molar-refractivity contribution in [1.29, 1.82) is 0 Å². The van der Waals surface area contributed by atoms with Gasteiger partial charge in [-0.2, -0.15) is 0 Å². The molecule has 1 spiro atoms. The van der Waals surface area contributed by atoms with Crippen LogP contribution in [0.4, 0.5) is 0 Å². The molecule has 36 heavy (non-hydrogen) atoms. The van der Waals surface area contributed by atoms with E-state index in [1.807, 2.05) is 0 Å². The van der Waals surface area contributed by atoms with Crippen LogP contribution < -0.4 is 0 Å². The van der Waals surface area contributed by atoms with Crippen LogP contribution in [0.1, 0.15) is 50.5 Å². The Labute approximate surface area is 223 Å². The third-order valence-electron chi connectivity index (χ3n) is 9.40. The molecule has 5 nitrogen and oxygen atoms in total. The number of likely N-dealkylation sites (tertiary alicyclic amines) is 3. The molecule has 3 heterocycles. The number of piperidine rings is 1. The molecule has 1 saturated carbocycles. The summed E-state index contributed by atoms with van der Waals surface area (Å²) in [6.07, 6.45) is 14.1. The maximum atomic E-state index is 13.5. The van der Waals surface area contributed by atoms with Crippen LogP contribution in [0.3, 0.4) is 0 Å². The number of benzene rings is 1. The molecule has 4 fully saturated rings. The first-order chi connectivity index (χ1) is 17.5. The van der Waals surface area contributed by atoms with Crippen molar-refractivity contribution in [2.75, 3.05) is 39.3 Å². The molecule has 6 heteroatoms. The molecular formula is C30H38BrN3O2. The fourth-order valence-electron chi connectivity index (χ4n) is 6.99. The molecule has 6 rings (SSSR count). The molecule has 0 radical (unpaired) electrons. The summed E-state index contributed by atoms with van der Waals surface area (Å²) >= 11 is 3.50. The standard InChI is InChI=1S/C30H38BrN3O2/c31-26-10-6-22(7-11-26)18-33-17-14-30(29(33)36)12-15-32(16-13-30)19-25-20-34(28(35)24-8-9-24)21-27(25)23-4-2-1-3-5-23/h1-2,4,6-7,10-11,24-25,27H,3,5,8-9,12-21H2/t25-,27+/m0/s1. The first kappa shape index (κ1) is 24.4. The van der Waals surface area contributed by atoms with Gasteiger partial charge in [-0.15, -0.1) is 0 Å². The van der Waals surface area contributed by atoms with Gasteiger partial charge in [0.25, 0.3) is 0 Å². The van der Waals surface area contributed by atoms with Gasteiger partial charge in [0.2, 0.25) is 11.8 Å². The van der Waals surface area contributed by atoms with Crippen LogP contribution in [0.15, 0.2) is 52.5 Å². The molecule has 5 aliphatic rings. The number of carbonyl (C=O) groups is 2. The average Bonchev–Trinajstić information content (AvgIpc) is 3.61. The number of rotatable bonds is 6. The van der Waals surface area contributed by atoms with E-state index >= 15 is 0 Å². The van der Waals surface area contributed by atoms with Gasteiger partial charge in [0.15, 0.2) is 0 Å². The van der Waals surface area contributed by atoms with Gasteiger partial charge in [-0.3, -0.25) is 9.59 Å². The Morgan fingerprint density at radius 1 is 1.03 bits per heavy atom. The van der Waals surface area contributed by atoms with Crippen molar-refractivity contribution in [2.24, 2.45) is 23.2 Å². The summed E-state index contributed by atoms with van der Waals surface area (Å²) in [5.74, 6) is 2.06. The summed E-state index contributed by atoms with van der Waals surface area (Å²) in [6, 6.07) is 8.33. The lowest BCUT2D eigenvalue weighted by Crippen LogP contribution is -2.46. The van der Waals surface area contributed by atoms with Crippen LogP contribution in [0.5, 0.6) is 0 Å². The monoisotopic (exact) mass is 551 g/mol. The number of nitrogens with zero attached hydrogens (tertiary/aromatic N) is 3. The van der Waals surface area contributed by atoms with Crippen molar-refractivity contribution in [1.82, 2.24) is 14.7 Å². The van der Waals surface area contributed by atoms with Crippen LogP contribution in [-0.4, -0.2) is 65.8 Å². The second kappa shape index (κ2) is 10.1. The molecule has 1 aromatic carbocycles. The van der Waals surface area contributed by atoms with Crippen molar-refractivity contribution in [3.63, 3.8) is 0 Å². The first-order valence-corrected chi connectivity index (χ1v) is 14.7. The van der Waals surface area contributed by atoms with Crippen LogP contribution in [0.25, 0.3) is 0 Å². The summed E-state index contributed by atoms with van der Waals surface area (Å²) in [4.78, 5) is 33.2. The average molecular weight is 553 g/mol. The van der Waals surface area contributed by atoms with Gasteiger partial charge >= 0.3 is 0 Å². The predicted octanol–water partition coefficient (Wildman–Crippen LogP) is 5.02. The number of hydrogen-bond donors (Lipinski definition) is 0. The Hall–Kier alpha value is -1.92. The maximum Gasteiger partial charge on any atom is 0.229 e. The fourth-order valence-corrected chi connectivity index (χ4v) is 7.25. The molecule has 3 saturated heterocycles. The van der Waals surface area contributed by atoms with Gasteiger partial charge < -0.3 is 14.7 Å². The third-order valence-corrected chi connectivity index (χ3v) is 9.92. The van der Waals surface area contributed by atoms with Gasteiger partial charge in [0.05, 0.1) is 5.41 Å². The molecule has 0 bridgehead atoms. The van der Waals surface area contributed by atoms with Crippen molar-refractivity contribution < 1.29 is 9.59 Å². The van der Waals surface area contributed by atoms with Gasteiger partial charge in [-0.25, -0.2) is 0 Å². The lowest BCUT2D eigenvalue weighted by Gasteiger charge is -2.39. The minimum absolute atomic E-state index is 0.161. The second-order valence-electron chi connectivity index (χ2n) is 11.8. The van der Waals surface area contributed by atoms with E-state index < -0.39 is 0 Å². The molecule has 2 atom stereocenters. The highest BCUT2D eigenvalue weighted by Crippen LogP contribution is 2.43. The number of halogens is 1. The summed E-state index contributed by atoms with van der Waals surface area (Å²) in [7, 11) is 0. The lowest BCUT2D eigenvalue weighted by molar-refractivity contribution is -0.139. The highest BCUT2D eigenvalue weighted by atomic mass is 79.9. The van der Waals surface area contributed by atoms with E-state index in [0.717, 1.165) is 95.2 Å². The summed E-state index contributed by atoms with van der Waals surface area (Å²) < 4.78 is 1.07. The summed E-state index contributed by atoms with van der Waals surface area (Å²) in [5, 5.41) is 0. The smallest absolute Gasteiger partial charge is 0.229 e. The fraction of sp³-hybridized carbons (Fsp3) is 0.600. The van der Waals surface area contributed by atoms with Gasteiger partial charge in [-0.05, 0) is 81.6 Å². The quantitative estimate of drug-likeness (QED) is 0.498. The molecule has 0 N–H and O–H groups in total.